The van der Waals surface area contributed by atoms with Gasteiger partial charge in [0.25, 0.3) is 4.80 Å². The number of aromatic nitrogens is 1. The van der Waals surface area contributed by atoms with E-state index in [1.54, 1.807) is 6.26 Å². The van der Waals surface area contributed by atoms with E-state index in [0.717, 1.165) is 12.2 Å². The Morgan fingerprint density at radius 1 is 1.70 bits per heavy atom. The zero-order chi connectivity index (χ0) is 7.56. The topological polar surface area (TPSA) is 29.3 Å². The Bertz CT molecular complexity index is 209. The fourth-order valence-corrected chi connectivity index (χ4v) is 1.00. The lowest BCUT2D eigenvalue weighted by atomic mass is 10.5. The van der Waals surface area contributed by atoms with Gasteiger partial charge in [-0.1, -0.05) is 0 Å². The van der Waals surface area contributed by atoms with E-state index < -0.39 is 0 Å². The minimum Gasteiger partial charge on any atom is -0.439 e. The van der Waals surface area contributed by atoms with Crippen molar-refractivity contribution in [1.29, 1.82) is 0 Å². The van der Waals surface area contributed by atoms with E-state index in [2.05, 4.69) is 20.9 Å². The maximum atomic E-state index is 4.94. The van der Waals surface area contributed by atoms with E-state index >= 15 is 0 Å². The molecule has 0 aliphatic rings. The summed E-state index contributed by atoms with van der Waals surface area (Å²) < 4.78 is 4.94. The fraction of sp³-hybridized carbons (Fsp3) is 0.500. The Morgan fingerprint density at radius 2 is 2.40 bits per heavy atom. The predicted octanol–water partition coefficient (Wildman–Crippen LogP) is 1.50. The van der Waals surface area contributed by atoms with Gasteiger partial charge in [-0.25, -0.2) is 4.98 Å². The lowest BCUT2D eigenvalue weighted by Crippen LogP contribution is -2.10. The van der Waals surface area contributed by atoms with Crippen LogP contribution in [-0.4, -0.2) is 24.0 Å². The molecule has 0 aromatic carbocycles. The quantitative estimate of drug-likeness (QED) is 0.732. The Balaban J connectivity index is 2.58. The number of hydrogen-bond donors (Lipinski definition) is 0. The van der Waals surface area contributed by atoms with Crippen LogP contribution in [0.2, 0.25) is 0 Å². The average molecular weight is 205 g/mol. The SMILES string of the molecule is CN(C)Cc1coc(Br)n1. The second kappa shape index (κ2) is 3.16. The summed E-state index contributed by atoms with van der Waals surface area (Å²) in [6.07, 6.45) is 1.64. The number of hydrogen-bond acceptors (Lipinski definition) is 3. The van der Waals surface area contributed by atoms with Crippen LogP contribution in [-0.2, 0) is 6.54 Å². The second-order valence-corrected chi connectivity index (χ2v) is 3.01. The number of nitrogens with zero attached hydrogens (tertiary/aromatic N) is 2. The largest absolute Gasteiger partial charge is 0.439 e. The molecule has 1 rings (SSSR count). The van der Waals surface area contributed by atoms with Gasteiger partial charge in [0.2, 0.25) is 0 Å². The predicted molar refractivity (Wildman–Crippen MR) is 41.6 cm³/mol. The van der Waals surface area contributed by atoms with E-state index in [1.807, 2.05) is 19.0 Å². The highest BCUT2D eigenvalue weighted by Gasteiger charge is 2.00. The minimum absolute atomic E-state index is 0.546. The van der Waals surface area contributed by atoms with Crippen LogP contribution in [0.4, 0.5) is 0 Å². The van der Waals surface area contributed by atoms with Crippen molar-refractivity contribution in [2.24, 2.45) is 0 Å². The van der Waals surface area contributed by atoms with E-state index in [0.29, 0.717) is 4.80 Å². The summed E-state index contributed by atoms with van der Waals surface area (Å²) in [5.74, 6) is 0. The zero-order valence-corrected chi connectivity index (χ0v) is 7.55. The molecule has 56 valence electrons. The first kappa shape index (κ1) is 7.75. The van der Waals surface area contributed by atoms with Crippen molar-refractivity contribution in [3.8, 4) is 0 Å². The van der Waals surface area contributed by atoms with Crippen LogP contribution < -0.4 is 0 Å². The van der Waals surface area contributed by atoms with Crippen LogP contribution in [0.3, 0.4) is 0 Å². The van der Waals surface area contributed by atoms with Crippen molar-refractivity contribution < 1.29 is 4.42 Å². The molecule has 4 heteroatoms. The Kier molecular flexibility index (Phi) is 2.45. The van der Waals surface area contributed by atoms with Crippen LogP contribution in [0.5, 0.6) is 0 Å². The maximum absolute atomic E-state index is 4.94. The van der Waals surface area contributed by atoms with Gasteiger partial charge in [0.1, 0.15) is 6.26 Å². The van der Waals surface area contributed by atoms with Gasteiger partial charge in [-0.05, 0) is 14.1 Å². The molecule has 0 saturated heterocycles. The lowest BCUT2D eigenvalue weighted by molar-refractivity contribution is 0.396. The molecule has 0 radical (unpaired) electrons. The molecule has 1 aromatic rings. The minimum atomic E-state index is 0.546. The van der Waals surface area contributed by atoms with Gasteiger partial charge in [-0.3, -0.25) is 0 Å². The molecule has 0 atom stereocenters. The highest BCUT2D eigenvalue weighted by molar-refractivity contribution is 9.10. The average Bonchev–Trinajstić information content (AvgIpc) is 2.13. The van der Waals surface area contributed by atoms with Crippen molar-refractivity contribution in [1.82, 2.24) is 9.88 Å². The molecule has 0 aliphatic carbocycles. The van der Waals surface area contributed by atoms with Crippen molar-refractivity contribution in [2.45, 2.75) is 6.54 Å². The number of oxazole rings is 1. The van der Waals surface area contributed by atoms with Gasteiger partial charge in [0, 0.05) is 22.5 Å². The van der Waals surface area contributed by atoms with Gasteiger partial charge in [-0.15, -0.1) is 0 Å². The molecule has 0 aliphatic heterocycles. The molecule has 0 spiro atoms. The van der Waals surface area contributed by atoms with E-state index in [9.17, 15) is 0 Å². The molecule has 0 unspecified atom stereocenters. The fourth-order valence-electron chi connectivity index (χ4n) is 0.679. The van der Waals surface area contributed by atoms with Crippen LogP contribution >= 0.6 is 15.9 Å². The van der Waals surface area contributed by atoms with Crippen molar-refractivity contribution in [3.63, 3.8) is 0 Å². The molecule has 0 saturated carbocycles. The lowest BCUT2D eigenvalue weighted by Gasteiger charge is -2.04. The van der Waals surface area contributed by atoms with Crippen molar-refractivity contribution in [2.75, 3.05) is 14.1 Å². The summed E-state index contributed by atoms with van der Waals surface area (Å²) >= 11 is 3.13. The maximum Gasteiger partial charge on any atom is 0.264 e. The normalized spacial score (nSPS) is 10.8. The Labute approximate surface area is 68.2 Å². The first-order valence-electron chi connectivity index (χ1n) is 2.93. The molecular formula is C6H9BrN2O. The molecule has 1 heterocycles. The molecule has 0 amide bonds. The van der Waals surface area contributed by atoms with Gasteiger partial charge in [0.15, 0.2) is 0 Å². The van der Waals surface area contributed by atoms with Crippen LogP contribution in [0.15, 0.2) is 15.5 Å². The van der Waals surface area contributed by atoms with Gasteiger partial charge >= 0.3 is 0 Å². The summed E-state index contributed by atoms with van der Waals surface area (Å²) in [5, 5.41) is 0. The summed E-state index contributed by atoms with van der Waals surface area (Å²) in [6.45, 7) is 0.815. The molecule has 3 nitrogen and oxygen atoms in total. The highest BCUT2D eigenvalue weighted by Crippen LogP contribution is 2.08. The third-order valence-electron chi connectivity index (χ3n) is 1.00. The van der Waals surface area contributed by atoms with E-state index in [-0.39, 0.29) is 0 Å². The smallest absolute Gasteiger partial charge is 0.264 e. The van der Waals surface area contributed by atoms with Crippen LogP contribution in [0.1, 0.15) is 5.69 Å². The summed E-state index contributed by atoms with van der Waals surface area (Å²) in [6, 6.07) is 0. The second-order valence-electron chi connectivity index (χ2n) is 2.33. The summed E-state index contributed by atoms with van der Waals surface area (Å²) in [7, 11) is 3.98. The van der Waals surface area contributed by atoms with E-state index in [1.165, 1.54) is 0 Å². The third kappa shape index (κ3) is 2.11. The van der Waals surface area contributed by atoms with Crippen molar-refractivity contribution >= 4 is 15.9 Å². The first-order chi connectivity index (χ1) is 4.68. The highest BCUT2D eigenvalue weighted by atomic mass is 79.9. The molecule has 10 heavy (non-hydrogen) atoms. The molecule has 1 aromatic heterocycles. The molecule has 0 N–H and O–H groups in total. The van der Waals surface area contributed by atoms with Gasteiger partial charge < -0.3 is 9.32 Å². The Morgan fingerprint density at radius 3 is 2.80 bits per heavy atom. The number of rotatable bonds is 2. The van der Waals surface area contributed by atoms with Gasteiger partial charge in [0.05, 0.1) is 5.69 Å². The number of halogens is 1. The molecular weight excluding hydrogens is 196 g/mol. The third-order valence-corrected chi connectivity index (χ3v) is 1.37. The molecule has 0 bridgehead atoms. The zero-order valence-electron chi connectivity index (χ0n) is 5.97. The molecule has 0 fully saturated rings. The first-order valence-corrected chi connectivity index (χ1v) is 3.72. The van der Waals surface area contributed by atoms with E-state index in [4.69, 9.17) is 4.42 Å². The van der Waals surface area contributed by atoms with Crippen molar-refractivity contribution in [3.05, 3.63) is 16.8 Å². The summed E-state index contributed by atoms with van der Waals surface area (Å²) in [4.78, 5) is 6.64. The summed E-state index contributed by atoms with van der Waals surface area (Å²) in [5.41, 5.74) is 0.942. The van der Waals surface area contributed by atoms with Gasteiger partial charge in [-0.2, -0.15) is 0 Å². The standard InChI is InChI=1S/C6H9BrN2O/c1-9(2)3-5-4-10-6(7)8-5/h4H,3H2,1-2H3. The Hall–Kier alpha value is -0.350. The monoisotopic (exact) mass is 204 g/mol. The van der Waals surface area contributed by atoms with Crippen LogP contribution in [0, 0.1) is 0 Å². The van der Waals surface area contributed by atoms with Crippen LogP contribution in [0.25, 0.3) is 0 Å².